The number of benzene rings is 1. The van der Waals surface area contributed by atoms with Gasteiger partial charge in [0.1, 0.15) is 0 Å². The van der Waals surface area contributed by atoms with Gasteiger partial charge in [-0.3, -0.25) is 0 Å². The average Bonchev–Trinajstić information content (AvgIpc) is 2.38. The molecule has 0 bridgehead atoms. The fraction of sp³-hybridized carbons (Fsp3) is 0.571. The molecular formula is C14H21NS. The van der Waals surface area contributed by atoms with Crippen molar-refractivity contribution in [2.24, 2.45) is 5.73 Å². The molecule has 1 saturated carbocycles. The fourth-order valence-electron chi connectivity index (χ4n) is 2.22. The average molecular weight is 235 g/mol. The van der Waals surface area contributed by atoms with E-state index in [1.165, 1.54) is 43.2 Å². The zero-order chi connectivity index (χ0) is 11.2. The van der Waals surface area contributed by atoms with Crippen molar-refractivity contribution >= 4 is 11.8 Å². The smallest absolute Gasteiger partial charge is 0.0187 e. The van der Waals surface area contributed by atoms with Crippen LogP contribution in [0.4, 0.5) is 0 Å². The maximum Gasteiger partial charge on any atom is 0.0187 e. The van der Waals surface area contributed by atoms with E-state index < -0.39 is 0 Å². The molecule has 2 rings (SSSR count). The summed E-state index contributed by atoms with van der Waals surface area (Å²) in [4.78, 5) is 0. The summed E-state index contributed by atoms with van der Waals surface area (Å²) in [6.45, 7) is 0.649. The van der Waals surface area contributed by atoms with Gasteiger partial charge in [0.2, 0.25) is 0 Å². The van der Waals surface area contributed by atoms with Gasteiger partial charge in [-0.15, -0.1) is 0 Å². The van der Waals surface area contributed by atoms with Crippen LogP contribution in [0.15, 0.2) is 24.3 Å². The monoisotopic (exact) mass is 235 g/mol. The van der Waals surface area contributed by atoms with Crippen molar-refractivity contribution in [2.75, 3.05) is 0 Å². The quantitative estimate of drug-likeness (QED) is 0.861. The predicted octanol–water partition coefficient (Wildman–Crippen LogP) is 3.71. The molecule has 1 aromatic rings. The van der Waals surface area contributed by atoms with E-state index in [2.05, 4.69) is 36.0 Å². The Labute approximate surface area is 103 Å². The third-order valence-electron chi connectivity index (χ3n) is 3.30. The molecule has 2 heteroatoms. The van der Waals surface area contributed by atoms with Crippen LogP contribution in [0, 0.1) is 0 Å². The van der Waals surface area contributed by atoms with Gasteiger partial charge >= 0.3 is 0 Å². The minimum atomic E-state index is 0.649. The third kappa shape index (κ3) is 3.53. The highest BCUT2D eigenvalue weighted by atomic mass is 32.2. The number of rotatable bonds is 4. The van der Waals surface area contributed by atoms with Crippen molar-refractivity contribution in [1.82, 2.24) is 0 Å². The minimum Gasteiger partial charge on any atom is -0.326 e. The molecule has 0 atom stereocenters. The van der Waals surface area contributed by atoms with Crippen molar-refractivity contribution < 1.29 is 0 Å². The second-order valence-electron chi connectivity index (χ2n) is 4.59. The molecule has 0 unspecified atom stereocenters. The normalized spacial score (nSPS) is 17.6. The highest BCUT2D eigenvalue weighted by Gasteiger charge is 2.13. The SMILES string of the molecule is NCc1ccc(CSC2CCCCC2)cc1. The summed E-state index contributed by atoms with van der Waals surface area (Å²) in [5, 5.41) is 0.905. The lowest BCUT2D eigenvalue weighted by Crippen LogP contribution is -2.08. The summed E-state index contributed by atoms with van der Waals surface area (Å²) in [7, 11) is 0. The van der Waals surface area contributed by atoms with Crippen LogP contribution in [0.5, 0.6) is 0 Å². The molecule has 0 aliphatic heterocycles. The molecule has 1 nitrogen and oxygen atoms in total. The van der Waals surface area contributed by atoms with Crippen LogP contribution in [-0.2, 0) is 12.3 Å². The second kappa shape index (κ2) is 6.31. The van der Waals surface area contributed by atoms with Crippen LogP contribution < -0.4 is 5.73 Å². The molecule has 16 heavy (non-hydrogen) atoms. The highest BCUT2D eigenvalue weighted by Crippen LogP contribution is 2.30. The van der Waals surface area contributed by atoms with Gasteiger partial charge in [-0.2, -0.15) is 11.8 Å². The lowest BCUT2D eigenvalue weighted by Gasteiger charge is -2.20. The standard InChI is InChI=1S/C14H21NS/c15-10-12-6-8-13(9-7-12)11-16-14-4-2-1-3-5-14/h6-9,14H,1-5,10-11,15H2. The first-order chi connectivity index (χ1) is 7.88. The molecular weight excluding hydrogens is 214 g/mol. The number of thioether (sulfide) groups is 1. The molecule has 0 spiro atoms. The lowest BCUT2D eigenvalue weighted by molar-refractivity contribution is 0.516. The first kappa shape index (κ1) is 12.0. The maximum atomic E-state index is 5.59. The summed E-state index contributed by atoms with van der Waals surface area (Å²) in [5.41, 5.74) is 8.25. The Morgan fingerprint density at radius 1 is 1.00 bits per heavy atom. The molecule has 2 N–H and O–H groups in total. The Kier molecular flexibility index (Phi) is 4.73. The molecule has 0 radical (unpaired) electrons. The van der Waals surface area contributed by atoms with Crippen molar-refractivity contribution in [2.45, 2.75) is 49.7 Å². The fourth-order valence-corrected chi connectivity index (χ4v) is 3.50. The van der Waals surface area contributed by atoms with Crippen LogP contribution in [0.1, 0.15) is 43.2 Å². The molecule has 0 saturated heterocycles. The van der Waals surface area contributed by atoms with Gasteiger partial charge in [-0.05, 0) is 24.0 Å². The van der Waals surface area contributed by atoms with Crippen LogP contribution in [0.2, 0.25) is 0 Å². The van der Waals surface area contributed by atoms with E-state index in [0.29, 0.717) is 6.54 Å². The number of hydrogen-bond acceptors (Lipinski definition) is 2. The molecule has 1 aliphatic rings. The van der Waals surface area contributed by atoms with Crippen LogP contribution in [0.25, 0.3) is 0 Å². The van der Waals surface area contributed by atoms with E-state index in [1.807, 2.05) is 0 Å². The summed E-state index contributed by atoms with van der Waals surface area (Å²) in [6, 6.07) is 8.74. The Bertz CT molecular complexity index is 301. The molecule has 0 aromatic heterocycles. The minimum absolute atomic E-state index is 0.649. The molecule has 0 amide bonds. The zero-order valence-electron chi connectivity index (χ0n) is 9.82. The third-order valence-corrected chi connectivity index (χ3v) is 4.74. The van der Waals surface area contributed by atoms with E-state index in [4.69, 9.17) is 5.73 Å². The zero-order valence-corrected chi connectivity index (χ0v) is 10.6. The Hall–Kier alpha value is -0.470. The predicted molar refractivity (Wildman–Crippen MR) is 72.5 cm³/mol. The molecule has 1 fully saturated rings. The van der Waals surface area contributed by atoms with Crippen LogP contribution in [0.3, 0.4) is 0 Å². The van der Waals surface area contributed by atoms with Crippen molar-refractivity contribution in [3.63, 3.8) is 0 Å². The van der Waals surface area contributed by atoms with E-state index in [0.717, 1.165) is 11.0 Å². The van der Waals surface area contributed by atoms with Crippen molar-refractivity contribution in [1.29, 1.82) is 0 Å². The Morgan fingerprint density at radius 3 is 2.25 bits per heavy atom. The van der Waals surface area contributed by atoms with E-state index in [1.54, 1.807) is 0 Å². The highest BCUT2D eigenvalue weighted by molar-refractivity contribution is 7.99. The first-order valence-electron chi connectivity index (χ1n) is 6.28. The van der Waals surface area contributed by atoms with Gasteiger partial charge in [0.25, 0.3) is 0 Å². The summed E-state index contributed by atoms with van der Waals surface area (Å²) in [6.07, 6.45) is 7.16. The van der Waals surface area contributed by atoms with Crippen molar-refractivity contribution in [3.05, 3.63) is 35.4 Å². The van der Waals surface area contributed by atoms with Gasteiger partial charge in [-0.1, -0.05) is 43.5 Å². The Balaban J connectivity index is 1.79. The van der Waals surface area contributed by atoms with Gasteiger partial charge in [0.15, 0.2) is 0 Å². The summed E-state index contributed by atoms with van der Waals surface area (Å²) < 4.78 is 0. The number of hydrogen-bond donors (Lipinski definition) is 1. The van der Waals surface area contributed by atoms with E-state index >= 15 is 0 Å². The van der Waals surface area contributed by atoms with Crippen LogP contribution >= 0.6 is 11.8 Å². The summed E-state index contributed by atoms with van der Waals surface area (Å²) in [5.74, 6) is 1.16. The van der Waals surface area contributed by atoms with Gasteiger partial charge in [-0.25, -0.2) is 0 Å². The van der Waals surface area contributed by atoms with Gasteiger partial charge in [0, 0.05) is 17.5 Å². The largest absolute Gasteiger partial charge is 0.326 e. The molecule has 1 aliphatic carbocycles. The van der Waals surface area contributed by atoms with Crippen molar-refractivity contribution in [3.8, 4) is 0 Å². The van der Waals surface area contributed by atoms with Gasteiger partial charge in [0.05, 0.1) is 0 Å². The van der Waals surface area contributed by atoms with E-state index in [9.17, 15) is 0 Å². The van der Waals surface area contributed by atoms with Gasteiger partial charge < -0.3 is 5.73 Å². The summed E-state index contributed by atoms with van der Waals surface area (Å²) >= 11 is 2.13. The molecule has 0 heterocycles. The molecule has 1 aromatic carbocycles. The Morgan fingerprint density at radius 2 is 1.62 bits per heavy atom. The molecule has 88 valence electrons. The number of nitrogens with two attached hydrogens (primary N) is 1. The second-order valence-corrected chi connectivity index (χ2v) is 5.88. The first-order valence-corrected chi connectivity index (χ1v) is 7.33. The lowest BCUT2D eigenvalue weighted by atomic mass is 10.0. The van der Waals surface area contributed by atoms with E-state index in [-0.39, 0.29) is 0 Å². The topological polar surface area (TPSA) is 26.0 Å². The maximum absolute atomic E-state index is 5.59. The van der Waals surface area contributed by atoms with Crippen LogP contribution in [-0.4, -0.2) is 5.25 Å².